The molecule has 0 aromatic rings. The molecule has 0 bridgehead atoms. The first kappa shape index (κ1) is 17.8. The summed E-state index contributed by atoms with van der Waals surface area (Å²) in [7, 11) is 0. The number of cyclic esters (lactones) is 1. The molecule has 0 N–H and O–H groups in total. The van der Waals surface area contributed by atoms with Crippen molar-refractivity contribution in [2.75, 3.05) is 6.61 Å². The molecule has 26 heavy (non-hydrogen) atoms. The Kier molecular flexibility index (Phi) is 3.74. The lowest BCUT2D eigenvalue weighted by molar-refractivity contribution is -0.161. The van der Waals surface area contributed by atoms with Crippen LogP contribution in [0.4, 0.5) is 0 Å². The molecule has 0 radical (unpaired) electrons. The maximum absolute atomic E-state index is 12.2. The van der Waals surface area contributed by atoms with Gasteiger partial charge in [-0.05, 0) is 54.9 Å². The van der Waals surface area contributed by atoms with Crippen molar-refractivity contribution in [2.24, 2.45) is 22.2 Å². The van der Waals surface area contributed by atoms with Crippen LogP contribution in [0.3, 0.4) is 0 Å². The number of hydrogen-bond donors (Lipinski definition) is 0. The normalized spacial score (nSPS) is 40.8. The van der Waals surface area contributed by atoms with Gasteiger partial charge in [-0.15, -0.1) is 0 Å². The molecular formula is C22H30O4. The minimum Gasteiger partial charge on any atom is -0.461 e. The van der Waals surface area contributed by atoms with Gasteiger partial charge in [0.1, 0.15) is 12.7 Å². The van der Waals surface area contributed by atoms with E-state index in [2.05, 4.69) is 33.8 Å². The van der Waals surface area contributed by atoms with Crippen LogP contribution in [-0.4, -0.2) is 24.6 Å². The number of rotatable bonds is 1. The predicted molar refractivity (Wildman–Crippen MR) is 98.2 cm³/mol. The highest BCUT2D eigenvalue weighted by Crippen LogP contribution is 2.67. The summed E-state index contributed by atoms with van der Waals surface area (Å²) in [6, 6.07) is 0. The summed E-state index contributed by atoms with van der Waals surface area (Å²) in [5.41, 5.74) is 3.07. The zero-order valence-corrected chi connectivity index (χ0v) is 16.6. The van der Waals surface area contributed by atoms with E-state index in [4.69, 9.17) is 9.47 Å². The smallest absolute Gasteiger partial charge is 0.334 e. The first-order chi connectivity index (χ1) is 12.1. The molecule has 4 aliphatic rings. The van der Waals surface area contributed by atoms with Crippen LogP contribution in [-0.2, 0) is 19.1 Å². The molecule has 2 fully saturated rings. The van der Waals surface area contributed by atoms with Crippen molar-refractivity contribution in [3.63, 3.8) is 0 Å². The molecule has 0 aromatic heterocycles. The van der Waals surface area contributed by atoms with E-state index in [0.717, 1.165) is 24.0 Å². The molecule has 0 unspecified atom stereocenters. The van der Waals surface area contributed by atoms with Crippen molar-refractivity contribution in [1.29, 1.82) is 0 Å². The number of fused-ring (bicyclic) bond motifs is 4. The third kappa shape index (κ3) is 2.20. The fraction of sp³-hybridized carbons (Fsp3) is 0.727. The summed E-state index contributed by atoms with van der Waals surface area (Å²) in [6.07, 6.45) is 7.10. The molecule has 2 saturated carbocycles. The van der Waals surface area contributed by atoms with Gasteiger partial charge in [-0.1, -0.05) is 38.8 Å². The van der Waals surface area contributed by atoms with Crippen LogP contribution in [0.15, 0.2) is 22.8 Å². The van der Waals surface area contributed by atoms with Crippen LogP contribution in [0.5, 0.6) is 0 Å². The average molecular weight is 358 g/mol. The summed E-state index contributed by atoms with van der Waals surface area (Å²) < 4.78 is 11.3. The molecule has 4 nitrogen and oxygen atoms in total. The standard InChI is InChI=1S/C22H30O4/c1-13(23)26-18-11-17-20(2,3)9-6-10-21(17,4)16-8-7-14-15(22(16,18)5)12-25-19(14)24/h8,17-18H,6-7,9-12H2,1-5H3/t17-,18+,21+,22-/m0/s1. The fourth-order valence-corrected chi connectivity index (χ4v) is 6.72. The van der Waals surface area contributed by atoms with Crippen LogP contribution in [0.1, 0.15) is 66.7 Å². The lowest BCUT2D eigenvalue weighted by atomic mass is 9.43. The lowest BCUT2D eigenvalue weighted by Crippen LogP contribution is -2.58. The molecule has 0 amide bonds. The molecular weight excluding hydrogens is 328 g/mol. The number of ether oxygens (including phenoxy) is 2. The summed E-state index contributed by atoms with van der Waals surface area (Å²) in [5.74, 6) is 0.0210. The van der Waals surface area contributed by atoms with Gasteiger partial charge in [0.25, 0.3) is 0 Å². The maximum atomic E-state index is 12.2. The Bertz CT molecular complexity index is 743. The molecule has 1 heterocycles. The van der Waals surface area contributed by atoms with Gasteiger partial charge < -0.3 is 9.47 Å². The third-order valence-electron chi connectivity index (χ3n) is 7.90. The van der Waals surface area contributed by atoms with Crippen molar-refractivity contribution >= 4 is 11.9 Å². The zero-order valence-electron chi connectivity index (χ0n) is 16.6. The van der Waals surface area contributed by atoms with E-state index in [1.54, 1.807) is 0 Å². The molecule has 0 saturated heterocycles. The van der Waals surface area contributed by atoms with Gasteiger partial charge >= 0.3 is 11.9 Å². The Balaban J connectivity index is 1.87. The molecule has 142 valence electrons. The van der Waals surface area contributed by atoms with Crippen LogP contribution in [0.2, 0.25) is 0 Å². The molecule has 1 aliphatic heterocycles. The average Bonchev–Trinajstić information content (AvgIpc) is 2.91. The summed E-state index contributed by atoms with van der Waals surface area (Å²) in [4.78, 5) is 24.1. The number of hydrogen-bond acceptors (Lipinski definition) is 4. The van der Waals surface area contributed by atoms with Crippen molar-refractivity contribution < 1.29 is 19.1 Å². The molecule has 4 heteroatoms. The minimum absolute atomic E-state index is 0.0807. The molecule has 3 aliphatic carbocycles. The first-order valence-electron chi connectivity index (χ1n) is 9.88. The van der Waals surface area contributed by atoms with E-state index < -0.39 is 5.41 Å². The van der Waals surface area contributed by atoms with Crippen molar-refractivity contribution in [3.8, 4) is 0 Å². The SMILES string of the molecule is CC(=O)O[C@@H]1C[C@H]2C(C)(C)CCC[C@]2(C)C2=CCC3=C(COC3=O)[C@@]21C. The van der Waals surface area contributed by atoms with Gasteiger partial charge in [-0.3, -0.25) is 4.79 Å². The van der Waals surface area contributed by atoms with Crippen LogP contribution >= 0.6 is 0 Å². The lowest BCUT2D eigenvalue weighted by Gasteiger charge is -2.62. The van der Waals surface area contributed by atoms with Gasteiger partial charge in [-0.2, -0.15) is 0 Å². The number of allylic oxidation sites excluding steroid dienone is 1. The van der Waals surface area contributed by atoms with E-state index in [9.17, 15) is 9.59 Å². The highest BCUT2D eigenvalue weighted by molar-refractivity contribution is 5.93. The van der Waals surface area contributed by atoms with E-state index in [-0.39, 0.29) is 28.9 Å². The monoisotopic (exact) mass is 358 g/mol. The topological polar surface area (TPSA) is 52.6 Å². The quantitative estimate of drug-likeness (QED) is 0.517. The van der Waals surface area contributed by atoms with Gasteiger partial charge in [0.05, 0.1) is 5.41 Å². The largest absolute Gasteiger partial charge is 0.461 e. The number of carbonyl (C=O) groups is 2. The third-order valence-corrected chi connectivity index (χ3v) is 7.90. The van der Waals surface area contributed by atoms with Gasteiger partial charge in [0, 0.05) is 12.5 Å². The minimum atomic E-state index is -0.427. The van der Waals surface area contributed by atoms with Crippen LogP contribution < -0.4 is 0 Å². The van der Waals surface area contributed by atoms with Gasteiger partial charge in [0.15, 0.2) is 0 Å². The van der Waals surface area contributed by atoms with Crippen molar-refractivity contribution in [2.45, 2.75) is 72.8 Å². The molecule has 0 aromatic carbocycles. The van der Waals surface area contributed by atoms with Crippen LogP contribution in [0, 0.1) is 22.2 Å². The fourth-order valence-electron chi connectivity index (χ4n) is 6.72. The summed E-state index contributed by atoms with van der Waals surface area (Å²) in [6.45, 7) is 11.1. The van der Waals surface area contributed by atoms with Gasteiger partial charge in [-0.25, -0.2) is 4.79 Å². The summed E-state index contributed by atoms with van der Waals surface area (Å²) in [5, 5.41) is 0. The van der Waals surface area contributed by atoms with E-state index in [0.29, 0.717) is 18.9 Å². The molecule has 4 atom stereocenters. The van der Waals surface area contributed by atoms with E-state index in [1.165, 1.54) is 25.3 Å². The highest BCUT2D eigenvalue weighted by Gasteiger charge is 2.62. The second-order valence-corrected chi connectivity index (χ2v) is 9.70. The summed E-state index contributed by atoms with van der Waals surface area (Å²) >= 11 is 0. The second-order valence-electron chi connectivity index (χ2n) is 9.70. The second kappa shape index (κ2) is 5.46. The molecule has 0 spiro atoms. The Labute approximate surface area is 156 Å². The Hall–Kier alpha value is -1.58. The Morgan fingerprint density at radius 3 is 2.65 bits per heavy atom. The zero-order chi connectivity index (χ0) is 18.9. The van der Waals surface area contributed by atoms with Crippen LogP contribution in [0.25, 0.3) is 0 Å². The maximum Gasteiger partial charge on any atom is 0.334 e. The van der Waals surface area contributed by atoms with Crippen molar-refractivity contribution in [1.82, 2.24) is 0 Å². The van der Waals surface area contributed by atoms with Crippen molar-refractivity contribution in [3.05, 3.63) is 22.8 Å². The predicted octanol–water partition coefficient (Wildman–Crippen LogP) is 4.34. The number of carbonyl (C=O) groups excluding carboxylic acids is 2. The molecule has 4 rings (SSSR count). The first-order valence-corrected chi connectivity index (χ1v) is 9.88. The van der Waals surface area contributed by atoms with Gasteiger partial charge in [0.2, 0.25) is 0 Å². The van der Waals surface area contributed by atoms with E-state index >= 15 is 0 Å². The number of esters is 2. The Morgan fingerprint density at radius 2 is 1.96 bits per heavy atom. The Morgan fingerprint density at radius 1 is 1.23 bits per heavy atom. The highest BCUT2D eigenvalue weighted by atomic mass is 16.5. The van der Waals surface area contributed by atoms with E-state index in [1.807, 2.05) is 0 Å².